The summed E-state index contributed by atoms with van der Waals surface area (Å²) >= 11 is 0. The molecule has 0 radical (unpaired) electrons. The zero-order valence-corrected chi connectivity index (χ0v) is 6.98. The molecule has 0 aromatic carbocycles. The number of nitrogens with two attached hydrogens (primary N) is 1. The molecule has 0 aliphatic heterocycles. The van der Waals surface area contributed by atoms with Crippen LogP contribution >= 0.6 is 0 Å². The molecule has 5 nitrogen and oxygen atoms in total. The molecule has 12 heavy (non-hydrogen) atoms. The maximum absolute atomic E-state index is 5.93. The molecular weight excluding hydrogens is 154 g/mol. The Bertz CT molecular complexity index is 238. The first-order valence-electron chi connectivity index (χ1n) is 4.28. The van der Waals surface area contributed by atoms with Gasteiger partial charge in [0, 0.05) is 12.1 Å². The van der Waals surface area contributed by atoms with Crippen molar-refractivity contribution in [3.05, 3.63) is 6.33 Å². The molecule has 1 saturated carbocycles. The SMILES string of the molecule is NC1(CCCn2cnnn2)CC1. The van der Waals surface area contributed by atoms with E-state index in [1.54, 1.807) is 11.0 Å². The highest BCUT2D eigenvalue weighted by Gasteiger charge is 2.36. The molecule has 1 aromatic rings. The van der Waals surface area contributed by atoms with Gasteiger partial charge in [-0.15, -0.1) is 5.10 Å². The molecule has 5 heteroatoms. The zero-order chi connectivity index (χ0) is 8.44. The molecule has 0 unspecified atom stereocenters. The fraction of sp³-hybridized carbons (Fsp3) is 0.857. The number of aryl methyl sites for hydroxylation is 1. The first-order valence-corrected chi connectivity index (χ1v) is 4.28. The highest BCUT2D eigenvalue weighted by molar-refractivity contribution is 4.97. The van der Waals surface area contributed by atoms with Crippen LogP contribution in [0.4, 0.5) is 0 Å². The summed E-state index contributed by atoms with van der Waals surface area (Å²) in [6.07, 6.45) is 6.16. The number of tetrazole rings is 1. The van der Waals surface area contributed by atoms with Gasteiger partial charge in [0.2, 0.25) is 0 Å². The Morgan fingerprint density at radius 2 is 2.33 bits per heavy atom. The van der Waals surface area contributed by atoms with Crippen molar-refractivity contribution in [2.75, 3.05) is 0 Å². The smallest absolute Gasteiger partial charge is 0.138 e. The predicted molar refractivity (Wildman–Crippen MR) is 43.2 cm³/mol. The summed E-state index contributed by atoms with van der Waals surface area (Å²) < 4.78 is 1.74. The molecule has 1 aliphatic carbocycles. The van der Waals surface area contributed by atoms with Crippen LogP contribution in [0.25, 0.3) is 0 Å². The molecule has 2 rings (SSSR count). The van der Waals surface area contributed by atoms with Crippen molar-refractivity contribution >= 4 is 0 Å². The normalized spacial score (nSPS) is 19.4. The van der Waals surface area contributed by atoms with Gasteiger partial charge < -0.3 is 5.73 Å². The van der Waals surface area contributed by atoms with Crippen molar-refractivity contribution < 1.29 is 0 Å². The van der Waals surface area contributed by atoms with Crippen LogP contribution in [0.5, 0.6) is 0 Å². The quantitative estimate of drug-likeness (QED) is 0.682. The van der Waals surface area contributed by atoms with E-state index in [0.717, 1.165) is 19.4 Å². The second-order valence-electron chi connectivity index (χ2n) is 3.54. The fourth-order valence-corrected chi connectivity index (χ4v) is 1.29. The highest BCUT2D eigenvalue weighted by Crippen LogP contribution is 2.36. The van der Waals surface area contributed by atoms with E-state index < -0.39 is 0 Å². The average Bonchev–Trinajstić information content (AvgIpc) is 2.61. The zero-order valence-electron chi connectivity index (χ0n) is 6.98. The predicted octanol–water partition coefficient (Wildman–Crippen LogP) is -0.0554. The fourth-order valence-electron chi connectivity index (χ4n) is 1.29. The second kappa shape index (κ2) is 2.82. The Hall–Kier alpha value is -0.970. The van der Waals surface area contributed by atoms with E-state index in [9.17, 15) is 0 Å². The van der Waals surface area contributed by atoms with Crippen molar-refractivity contribution in [2.45, 2.75) is 37.8 Å². The third kappa shape index (κ3) is 1.79. The topological polar surface area (TPSA) is 69.6 Å². The van der Waals surface area contributed by atoms with Crippen molar-refractivity contribution in [1.29, 1.82) is 0 Å². The lowest BCUT2D eigenvalue weighted by Gasteiger charge is -2.06. The van der Waals surface area contributed by atoms with Crippen LogP contribution in [0, 0.1) is 0 Å². The van der Waals surface area contributed by atoms with E-state index in [0.29, 0.717) is 0 Å². The average molecular weight is 167 g/mol. The van der Waals surface area contributed by atoms with E-state index in [-0.39, 0.29) is 5.54 Å². The lowest BCUT2D eigenvalue weighted by molar-refractivity contribution is 0.493. The molecule has 0 atom stereocenters. The third-order valence-electron chi connectivity index (χ3n) is 2.35. The molecule has 1 aliphatic rings. The molecule has 0 saturated heterocycles. The van der Waals surface area contributed by atoms with Gasteiger partial charge in [0.1, 0.15) is 6.33 Å². The van der Waals surface area contributed by atoms with Gasteiger partial charge in [-0.1, -0.05) is 0 Å². The number of rotatable bonds is 4. The molecular formula is C7H13N5. The molecule has 2 N–H and O–H groups in total. The van der Waals surface area contributed by atoms with E-state index >= 15 is 0 Å². The van der Waals surface area contributed by atoms with Gasteiger partial charge in [0.15, 0.2) is 0 Å². The van der Waals surface area contributed by atoms with Crippen molar-refractivity contribution in [1.82, 2.24) is 20.2 Å². The van der Waals surface area contributed by atoms with Crippen LogP contribution in [-0.4, -0.2) is 25.7 Å². The van der Waals surface area contributed by atoms with E-state index in [1.165, 1.54) is 12.8 Å². The first kappa shape index (κ1) is 7.67. The molecule has 1 heterocycles. The minimum absolute atomic E-state index is 0.161. The van der Waals surface area contributed by atoms with Gasteiger partial charge in [-0.05, 0) is 36.1 Å². The molecule has 66 valence electrons. The number of hydrogen-bond acceptors (Lipinski definition) is 4. The molecule has 1 aromatic heterocycles. The Kier molecular flexibility index (Phi) is 1.80. The summed E-state index contributed by atoms with van der Waals surface area (Å²) in [7, 11) is 0. The molecule has 0 spiro atoms. The Morgan fingerprint density at radius 1 is 1.50 bits per heavy atom. The first-order chi connectivity index (χ1) is 5.79. The largest absolute Gasteiger partial charge is 0.325 e. The minimum atomic E-state index is 0.161. The monoisotopic (exact) mass is 167 g/mol. The van der Waals surface area contributed by atoms with Crippen LogP contribution in [-0.2, 0) is 6.54 Å². The van der Waals surface area contributed by atoms with Crippen LogP contribution in [0.3, 0.4) is 0 Å². The van der Waals surface area contributed by atoms with Gasteiger partial charge in [0.25, 0.3) is 0 Å². The summed E-state index contributed by atoms with van der Waals surface area (Å²) in [5.41, 5.74) is 6.09. The minimum Gasteiger partial charge on any atom is -0.325 e. The van der Waals surface area contributed by atoms with E-state index in [4.69, 9.17) is 5.73 Å². The van der Waals surface area contributed by atoms with Crippen LogP contribution < -0.4 is 5.73 Å². The van der Waals surface area contributed by atoms with E-state index in [1.807, 2.05) is 0 Å². The van der Waals surface area contributed by atoms with Crippen LogP contribution in [0.15, 0.2) is 6.33 Å². The summed E-state index contributed by atoms with van der Waals surface area (Å²) in [4.78, 5) is 0. The van der Waals surface area contributed by atoms with Gasteiger partial charge in [-0.3, -0.25) is 0 Å². The lowest BCUT2D eigenvalue weighted by atomic mass is 10.1. The van der Waals surface area contributed by atoms with Crippen molar-refractivity contribution in [2.24, 2.45) is 5.73 Å². The summed E-state index contributed by atoms with van der Waals surface area (Å²) in [6, 6.07) is 0. The maximum Gasteiger partial charge on any atom is 0.138 e. The molecule has 0 amide bonds. The lowest BCUT2D eigenvalue weighted by Crippen LogP contribution is -2.21. The Labute approximate surface area is 70.9 Å². The van der Waals surface area contributed by atoms with Crippen molar-refractivity contribution in [3.8, 4) is 0 Å². The third-order valence-corrected chi connectivity index (χ3v) is 2.35. The van der Waals surface area contributed by atoms with Crippen molar-refractivity contribution in [3.63, 3.8) is 0 Å². The number of nitrogens with zero attached hydrogens (tertiary/aromatic N) is 4. The maximum atomic E-state index is 5.93. The Morgan fingerprint density at radius 3 is 2.92 bits per heavy atom. The van der Waals surface area contributed by atoms with E-state index in [2.05, 4.69) is 15.5 Å². The van der Waals surface area contributed by atoms with Gasteiger partial charge in [-0.2, -0.15) is 0 Å². The summed E-state index contributed by atoms with van der Waals surface area (Å²) in [5, 5.41) is 10.9. The second-order valence-corrected chi connectivity index (χ2v) is 3.54. The van der Waals surface area contributed by atoms with Gasteiger partial charge >= 0.3 is 0 Å². The summed E-state index contributed by atoms with van der Waals surface area (Å²) in [6.45, 7) is 0.881. The van der Waals surface area contributed by atoms with Gasteiger partial charge in [-0.25, -0.2) is 4.68 Å². The highest BCUT2D eigenvalue weighted by atomic mass is 15.5. The molecule has 0 bridgehead atoms. The summed E-state index contributed by atoms with van der Waals surface area (Å²) in [5.74, 6) is 0. The number of hydrogen-bond donors (Lipinski definition) is 1. The van der Waals surface area contributed by atoms with Crippen LogP contribution in [0.2, 0.25) is 0 Å². The van der Waals surface area contributed by atoms with Crippen LogP contribution in [0.1, 0.15) is 25.7 Å². The Balaban J connectivity index is 1.69. The molecule has 1 fully saturated rings. The standard InChI is InChI=1S/C7H13N5/c8-7(3-4-7)2-1-5-12-6-9-10-11-12/h6H,1-5,8H2. The number of aromatic nitrogens is 4. The van der Waals surface area contributed by atoms with Gasteiger partial charge in [0.05, 0.1) is 0 Å².